The van der Waals surface area contributed by atoms with Crippen molar-refractivity contribution in [3.8, 4) is 11.3 Å². The molecule has 0 unspecified atom stereocenters. The summed E-state index contributed by atoms with van der Waals surface area (Å²) in [5, 5.41) is 0.204. The third kappa shape index (κ3) is 3.02. The lowest BCUT2D eigenvalue weighted by Crippen LogP contribution is -2.17. The summed E-state index contributed by atoms with van der Waals surface area (Å²) in [7, 11) is 0. The van der Waals surface area contributed by atoms with Gasteiger partial charge in [-0.3, -0.25) is 0 Å². The second-order valence-corrected chi connectivity index (χ2v) is 6.17. The molecule has 21 heavy (non-hydrogen) atoms. The van der Waals surface area contributed by atoms with E-state index in [9.17, 15) is 13.2 Å². The molecule has 112 valence electrons. The molecule has 6 heteroatoms. The molecule has 0 spiro atoms. The Morgan fingerprint density at radius 3 is 2.00 bits per heavy atom. The molecule has 1 aromatic carbocycles. The van der Waals surface area contributed by atoms with E-state index in [1.807, 2.05) is 20.8 Å². The number of halogens is 4. The van der Waals surface area contributed by atoms with Crippen LogP contribution in [-0.4, -0.2) is 9.97 Å². The van der Waals surface area contributed by atoms with Gasteiger partial charge in [0.1, 0.15) is 11.0 Å². The smallest absolute Gasteiger partial charge is 0.194 e. The van der Waals surface area contributed by atoms with Crippen molar-refractivity contribution >= 4 is 11.6 Å². The number of nitrogens with zero attached hydrogens (tertiary/aromatic N) is 2. The van der Waals surface area contributed by atoms with Gasteiger partial charge in [0.25, 0.3) is 0 Å². The predicted octanol–water partition coefficient (Wildman–Crippen LogP) is 4.82. The van der Waals surface area contributed by atoms with Gasteiger partial charge in [-0.2, -0.15) is 0 Å². The zero-order chi connectivity index (χ0) is 15.9. The Balaban J connectivity index is 2.72. The molecular weight excluding hydrogens is 301 g/mol. The summed E-state index contributed by atoms with van der Waals surface area (Å²) < 4.78 is 39.9. The zero-order valence-electron chi connectivity index (χ0n) is 12.1. The highest BCUT2D eigenvalue weighted by atomic mass is 35.5. The summed E-state index contributed by atoms with van der Waals surface area (Å²) in [5.41, 5.74) is 0.509. The van der Waals surface area contributed by atoms with Crippen LogP contribution in [0.4, 0.5) is 13.2 Å². The van der Waals surface area contributed by atoms with Crippen molar-refractivity contribution in [1.29, 1.82) is 0 Å². The van der Waals surface area contributed by atoms with Gasteiger partial charge in [0.15, 0.2) is 17.5 Å². The van der Waals surface area contributed by atoms with Crippen LogP contribution in [0.1, 0.15) is 32.2 Å². The standard InChI is InChI=1S/C15H14ClF3N2/c1-7-12(8-5-9(17)11(19)10(18)6-8)20-14(15(2,3)4)21-13(7)16/h5-6H,1-4H3. The Kier molecular flexibility index (Phi) is 3.97. The average Bonchev–Trinajstić information content (AvgIpc) is 2.37. The lowest BCUT2D eigenvalue weighted by atomic mass is 9.95. The topological polar surface area (TPSA) is 25.8 Å². The lowest BCUT2D eigenvalue weighted by Gasteiger charge is -2.19. The SMILES string of the molecule is Cc1c(Cl)nc(C(C)(C)C)nc1-c1cc(F)c(F)c(F)c1. The van der Waals surface area contributed by atoms with Gasteiger partial charge in [-0.15, -0.1) is 0 Å². The summed E-state index contributed by atoms with van der Waals surface area (Å²) >= 11 is 6.07. The predicted molar refractivity (Wildman–Crippen MR) is 75.8 cm³/mol. The van der Waals surface area contributed by atoms with Crippen molar-refractivity contribution in [2.75, 3.05) is 0 Å². The molecule has 1 heterocycles. The molecule has 2 rings (SSSR count). The van der Waals surface area contributed by atoms with E-state index in [0.29, 0.717) is 11.4 Å². The number of hydrogen-bond donors (Lipinski definition) is 0. The molecule has 0 fully saturated rings. The molecule has 0 aliphatic carbocycles. The van der Waals surface area contributed by atoms with Crippen LogP contribution in [0.3, 0.4) is 0 Å². The van der Waals surface area contributed by atoms with E-state index in [2.05, 4.69) is 9.97 Å². The third-order valence-corrected chi connectivity index (χ3v) is 3.38. The van der Waals surface area contributed by atoms with Crippen LogP contribution in [0, 0.1) is 24.4 Å². The molecule has 2 nitrogen and oxygen atoms in total. The van der Waals surface area contributed by atoms with Crippen LogP contribution in [0.25, 0.3) is 11.3 Å². The van der Waals surface area contributed by atoms with E-state index < -0.39 is 17.5 Å². The molecular formula is C15H14ClF3N2. The number of benzene rings is 1. The van der Waals surface area contributed by atoms with Crippen LogP contribution in [-0.2, 0) is 5.41 Å². The molecule has 0 aliphatic rings. The van der Waals surface area contributed by atoms with E-state index in [4.69, 9.17) is 11.6 Å². The fourth-order valence-corrected chi connectivity index (χ4v) is 1.97. The third-order valence-electron chi connectivity index (χ3n) is 3.01. The highest BCUT2D eigenvalue weighted by molar-refractivity contribution is 6.30. The van der Waals surface area contributed by atoms with Crippen molar-refractivity contribution in [3.05, 3.63) is 46.1 Å². The van der Waals surface area contributed by atoms with Crippen LogP contribution in [0.5, 0.6) is 0 Å². The van der Waals surface area contributed by atoms with Gasteiger partial charge in [0, 0.05) is 16.5 Å². The van der Waals surface area contributed by atoms with Gasteiger partial charge in [-0.05, 0) is 19.1 Å². The molecule has 0 atom stereocenters. The normalized spacial score (nSPS) is 11.8. The maximum absolute atomic E-state index is 13.4. The Morgan fingerprint density at radius 2 is 1.52 bits per heavy atom. The molecule has 0 N–H and O–H groups in total. The maximum atomic E-state index is 13.4. The first-order valence-corrected chi connectivity index (χ1v) is 6.68. The number of rotatable bonds is 1. The summed E-state index contributed by atoms with van der Waals surface area (Å²) in [4.78, 5) is 8.52. The first-order chi connectivity index (χ1) is 9.61. The largest absolute Gasteiger partial charge is 0.232 e. The van der Waals surface area contributed by atoms with Crippen LogP contribution < -0.4 is 0 Å². The molecule has 0 amide bonds. The Hall–Kier alpha value is -1.62. The Bertz CT molecular complexity index is 686. The van der Waals surface area contributed by atoms with Gasteiger partial charge < -0.3 is 0 Å². The maximum Gasteiger partial charge on any atom is 0.194 e. The van der Waals surface area contributed by atoms with E-state index in [0.717, 1.165) is 12.1 Å². The van der Waals surface area contributed by atoms with Gasteiger partial charge in [-0.1, -0.05) is 32.4 Å². The summed E-state index contributed by atoms with van der Waals surface area (Å²) in [6.45, 7) is 7.32. The Labute approximate surface area is 126 Å². The van der Waals surface area contributed by atoms with Crippen LogP contribution >= 0.6 is 11.6 Å². The fourth-order valence-electron chi connectivity index (χ4n) is 1.80. The van der Waals surface area contributed by atoms with Crippen molar-refractivity contribution in [3.63, 3.8) is 0 Å². The van der Waals surface area contributed by atoms with Crippen molar-refractivity contribution in [2.45, 2.75) is 33.1 Å². The second-order valence-electron chi connectivity index (χ2n) is 5.82. The zero-order valence-corrected chi connectivity index (χ0v) is 12.8. The summed E-state index contributed by atoms with van der Waals surface area (Å²) in [5.74, 6) is -3.60. The average molecular weight is 315 g/mol. The molecule has 1 aromatic heterocycles. The van der Waals surface area contributed by atoms with Crippen LogP contribution in [0.2, 0.25) is 5.15 Å². The minimum Gasteiger partial charge on any atom is -0.232 e. The number of hydrogen-bond acceptors (Lipinski definition) is 2. The fraction of sp³-hybridized carbons (Fsp3) is 0.333. The van der Waals surface area contributed by atoms with Gasteiger partial charge in [0.2, 0.25) is 0 Å². The van der Waals surface area contributed by atoms with E-state index >= 15 is 0 Å². The highest BCUT2D eigenvalue weighted by Crippen LogP contribution is 2.30. The molecule has 2 aromatic rings. The Morgan fingerprint density at radius 1 is 1.00 bits per heavy atom. The molecule has 0 saturated carbocycles. The van der Waals surface area contributed by atoms with Gasteiger partial charge in [0.05, 0.1) is 5.69 Å². The molecule has 0 bridgehead atoms. The van der Waals surface area contributed by atoms with Crippen molar-refractivity contribution < 1.29 is 13.2 Å². The van der Waals surface area contributed by atoms with Gasteiger partial charge >= 0.3 is 0 Å². The molecule has 0 radical (unpaired) electrons. The highest BCUT2D eigenvalue weighted by Gasteiger charge is 2.22. The monoisotopic (exact) mass is 314 g/mol. The first-order valence-electron chi connectivity index (χ1n) is 6.31. The first kappa shape index (κ1) is 15.8. The second kappa shape index (κ2) is 5.30. The van der Waals surface area contributed by atoms with Crippen LogP contribution in [0.15, 0.2) is 12.1 Å². The van der Waals surface area contributed by atoms with E-state index in [1.54, 1.807) is 6.92 Å². The van der Waals surface area contributed by atoms with E-state index in [1.165, 1.54) is 0 Å². The molecule has 0 aliphatic heterocycles. The summed E-state index contributed by atoms with van der Waals surface area (Å²) in [6, 6.07) is 1.80. The number of aromatic nitrogens is 2. The quantitative estimate of drug-likeness (QED) is 0.557. The summed E-state index contributed by atoms with van der Waals surface area (Å²) in [6.07, 6.45) is 0. The van der Waals surface area contributed by atoms with Crippen molar-refractivity contribution in [2.24, 2.45) is 0 Å². The molecule has 0 saturated heterocycles. The van der Waals surface area contributed by atoms with Crippen molar-refractivity contribution in [1.82, 2.24) is 9.97 Å². The van der Waals surface area contributed by atoms with Gasteiger partial charge in [-0.25, -0.2) is 23.1 Å². The minimum atomic E-state index is -1.51. The lowest BCUT2D eigenvalue weighted by molar-refractivity contribution is 0.447. The minimum absolute atomic E-state index is 0.124. The van der Waals surface area contributed by atoms with E-state index in [-0.39, 0.29) is 21.8 Å².